The second-order valence-corrected chi connectivity index (χ2v) is 9.78. The van der Waals surface area contributed by atoms with Crippen LogP contribution in [-0.2, 0) is 12.4 Å². The molecule has 2 aliphatic heterocycles. The number of fused-ring (bicyclic) bond motifs is 3. The number of hydrogen-bond donors (Lipinski definition) is 1. The molecule has 2 heterocycles. The number of ether oxygens (including phenoxy) is 1. The van der Waals surface area contributed by atoms with E-state index in [1.54, 1.807) is 42.8 Å². The van der Waals surface area contributed by atoms with Gasteiger partial charge in [0.1, 0.15) is 17.5 Å². The predicted octanol–water partition coefficient (Wildman–Crippen LogP) is 6.99. The van der Waals surface area contributed by atoms with Gasteiger partial charge < -0.3 is 20.3 Å². The van der Waals surface area contributed by atoms with E-state index in [1.807, 2.05) is 37.3 Å². The molecule has 0 fully saturated rings. The Balaban J connectivity index is 0.00000336. The smallest absolute Gasteiger partial charge is 0.418 e. The summed E-state index contributed by atoms with van der Waals surface area (Å²) in [7, 11) is 1.62. The van der Waals surface area contributed by atoms with Crippen LogP contribution in [0.4, 0.5) is 37.7 Å². The molecule has 3 unspecified atom stereocenters. The van der Waals surface area contributed by atoms with Crippen LogP contribution in [0.5, 0.6) is 5.75 Å². The Labute approximate surface area is 235 Å². The van der Waals surface area contributed by atoms with Crippen molar-refractivity contribution in [2.75, 3.05) is 17.7 Å². The number of allylic oxidation sites excluding steroid dienone is 4. The third-order valence-corrected chi connectivity index (χ3v) is 7.54. The number of rotatable bonds is 2. The van der Waals surface area contributed by atoms with Crippen molar-refractivity contribution in [3.63, 3.8) is 0 Å². The Kier molecular flexibility index (Phi) is 6.86. The zero-order valence-electron chi connectivity index (χ0n) is 21.1. The van der Waals surface area contributed by atoms with Crippen LogP contribution in [0.25, 0.3) is 0 Å². The molecule has 1 aliphatic carbocycles. The van der Waals surface area contributed by atoms with Crippen molar-refractivity contribution in [1.29, 1.82) is 0 Å². The van der Waals surface area contributed by atoms with Crippen LogP contribution in [0.3, 0.4) is 0 Å². The Hall–Kier alpha value is -2.69. The van der Waals surface area contributed by atoms with Gasteiger partial charge in [-0.3, -0.25) is 0 Å². The molecular weight excluding hydrogens is 611 g/mol. The second kappa shape index (κ2) is 9.20. The van der Waals surface area contributed by atoms with Gasteiger partial charge in [-0.2, -0.15) is 26.3 Å². The molecule has 5 rings (SSSR count). The number of halogens is 6. The van der Waals surface area contributed by atoms with E-state index >= 15 is 0 Å². The van der Waals surface area contributed by atoms with Gasteiger partial charge in [-0.1, -0.05) is 18.2 Å². The molecule has 3 atom stereocenters. The molecule has 38 heavy (non-hydrogen) atoms. The maximum Gasteiger partial charge on any atom is 0.418 e. The van der Waals surface area contributed by atoms with E-state index in [4.69, 9.17) is 10.5 Å². The van der Waals surface area contributed by atoms with E-state index in [2.05, 4.69) is 0 Å². The number of alkyl halides is 6. The maximum atomic E-state index is 13.8. The minimum Gasteiger partial charge on any atom is -0.482 e. The zero-order valence-corrected chi connectivity index (χ0v) is 24.4. The molecule has 2 aromatic carbocycles. The molecular formula is C27H25F6InN3O. The Bertz CT molecular complexity index is 1380. The minimum absolute atomic E-state index is 0. The normalized spacial score (nSPS) is 24.4. The summed E-state index contributed by atoms with van der Waals surface area (Å²) in [6, 6.07) is 6.20. The molecule has 2 N–H and O–H groups in total. The van der Waals surface area contributed by atoms with Crippen molar-refractivity contribution in [3.05, 3.63) is 88.3 Å². The number of nitrogens with zero attached hydrogens (tertiary/aromatic N) is 2. The Morgan fingerprint density at radius 2 is 1.61 bits per heavy atom. The van der Waals surface area contributed by atoms with Crippen LogP contribution >= 0.6 is 0 Å². The van der Waals surface area contributed by atoms with E-state index in [0.717, 1.165) is 5.56 Å². The summed E-state index contributed by atoms with van der Waals surface area (Å²) in [5, 5.41) is 0. The maximum absolute atomic E-state index is 13.8. The summed E-state index contributed by atoms with van der Waals surface area (Å²) in [5.41, 5.74) is 4.31. The molecule has 0 aromatic heterocycles. The minimum atomic E-state index is -5.06. The molecule has 3 radical (unpaired) electrons. The number of nitrogens with two attached hydrogens (primary N) is 1. The van der Waals surface area contributed by atoms with Crippen LogP contribution in [-0.4, -0.2) is 43.4 Å². The molecule has 4 nitrogen and oxygen atoms in total. The fourth-order valence-electron chi connectivity index (χ4n) is 5.42. The molecule has 2 aromatic rings. The van der Waals surface area contributed by atoms with Crippen molar-refractivity contribution < 1.29 is 31.1 Å². The number of anilines is 2. The van der Waals surface area contributed by atoms with Gasteiger partial charge >= 0.3 is 12.4 Å². The fraction of sp³-hybridized carbons (Fsp3) is 0.333. The van der Waals surface area contributed by atoms with Crippen LogP contribution < -0.4 is 15.4 Å². The summed E-state index contributed by atoms with van der Waals surface area (Å²) >= 11 is 0. The summed E-state index contributed by atoms with van der Waals surface area (Å²) < 4.78 is 88.6. The number of benzene rings is 2. The monoisotopic (exact) mass is 636 g/mol. The first kappa shape index (κ1) is 28.3. The predicted molar refractivity (Wildman–Crippen MR) is 134 cm³/mol. The molecule has 0 saturated carbocycles. The molecule has 199 valence electrons. The van der Waals surface area contributed by atoms with Crippen LogP contribution in [0.15, 0.2) is 66.0 Å². The van der Waals surface area contributed by atoms with Gasteiger partial charge in [-0.05, 0) is 57.2 Å². The van der Waals surface area contributed by atoms with Crippen molar-refractivity contribution in [2.45, 2.75) is 50.8 Å². The summed E-state index contributed by atoms with van der Waals surface area (Å²) in [5.74, 6) is 0.583. The largest absolute Gasteiger partial charge is 0.482 e. The van der Waals surface area contributed by atoms with Crippen molar-refractivity contribution in [3.8, 4) is 5.75 Å². The van der Waals surface area contributed by atoms with Gasteiger partial charge in [-0.15, -0.1) is 0 Å². The first-order chi connectivity index (χ1) is 17.1. The van der Waals surface area contributed by atoms with Crippen molar-refractivity contribution in [2.24, 2.45) is 0 Å². The van der Waals surface area contributed by atoms with Gasteiger partial charge in [0.2, 0.25) is 0 Å². The van der Waals surface area contributed by atoms with Gasteiger partial charge in [0.25, 0.3) is 0 Å². The van der Waals surface area contributed by atoms with Crippen LogP contribution in [0.2, 0.25) is 0 Å². The van der Waals surface area contributed by atoms with Crippen molar-refractivity contribution in [1.82, 2.24) is 4.90 Å². The Morgan fingerprint density at radius 3 is 2.24 bits per heavy atom. The van der Waals surface area contributed by atoms with Crippen LogP contribution in [0.1, 0.15) is 55.1 Å². The van der Waals surface area contributed by atoms with E-state index in [1.165, 1.54) is 0 Å². The van der Waals surface area contributed by atoms with Gasteiger partial charge in [0.05, 0.1) is 16.8 Å². The standard InChI is InChI=1S/C27H25F6N3O.In/c1-14-15(2)36(17-8-9-22-18(13-17)20-7-5-6-10-25(20,3)37-22)24(35(14)4)19-11-16(26(28,29)30)12-21(23(19)34)27(31,32)33;/h5-13,20,24H,34H2,1-4H3;. The number of hydrogen-bond acceptors (Lipinski definition) is 4. The first-order valence-electron chi connectivity index (χ1n) is 11.6. The topological polar surface area (TPSA) is 41.7 Å². The number of nitrogen functional groups attached to an aromatic ring is 1. The second-order valence-electron chi connectivity index (χ2n) is 9.78. The quantitative estimate of drug-likeness (QED) is 0.285. The molecule has 0 bridgehead atoms. The molecule has 0 saturated heterocycles. The Morgan fingerprint density at radius 1 is 0.921 bits per heavy atom. The average Bonchev–Trinajstić information content (AvgIpc) is 3.22. The van der Waals surface area contributed by atoms with E-state index in [9.17, 15) is 26.3 Å². The van der Waals surface area contributed by atoms with Crippen molar-refractivity contribution >= 4 is 37.2 Å². The third-order valence-electron chi connectivity index (χ3n) is 7.54. The van der Waals surface area contributed by atoms with E-state index in [-0.39, 0.29) is 43.4 Å². The fourth-order valence-corrected chi connectivity index (χ4v) is 5.42. The average molecular weight is 636 g/mol. The van der Waals surface area contributed by atoms with Crippen LogP contribution in [0, 0.1) is 0 Å². The first-order valence-corrected chi connectivity index (χ1v) is 11.6. The molecule has 3 aliphatic rings. The zero-order chi connectivity index (χ0) is 27.1. The SMILES string of the molecule is CC1=C(C)N(c2ccc3c(c2)C2C=CC=CC2(C)O3)C(c2cc(C(F)(F)F)cc(C(F)(F)F)c2N)N1C.[In]. The third kappa shape index (κ3) is 4.36. The molecule has 0 spiro atoms. The van der Waals surface area contributed by atoms with E-state index in [0.29, 0.717) is 28.9 Å². The van der Waals surface area contributed by atoms with Gasteiger partial charge in [-0.25, -0.2) is 0 Å². The summed E-state index contributed by atoms with van der Waals surface area (Å²) in [4.78, 5) is 3.36. The molecule has 11 heteroatoms. The summed E-state index contributed by atoms with van der Waals surface area (Å²) in [6.45, 7) is 5.50. The van der Waals surface area contributed by atoms with E-state index < -0.39 is 40.9 Å². The van der Waals surface area contributed by atoms with Gasteiger partial charge in [0, 0.05) is 67.0 Å². The summed E-state index contributed by atoms with van der Waals surface area (Å²) in [6.07, 6.45) is -3.29. The molecule has 0 amide bonds. The van der Waals surface area contributed by atoms with Gasteiger partial charge in [0.15, 0.2) is 0 Å².